The first kappa shape index (κ1) is 15.0. The second-order valence-electron chi connectivity index (χ2n) is 7.58. The van der Waals surface area contributed by atoms with Crippen molar-refractivity contribution in [3.8, 4) is 0 Å². The highest BCUT2D eigenvalue weighted by Gasteiger charge is 2.61. The Morgan fingerprint density at radius 2 is 1.74 bits per heavy atom. The molecule has 2 rings (SSSR count). The van der Waals surface area contributed by atoms with Crippen LogP contribution in [0.4, 0.5) is 0 Å². The highest BCUT2D eigenvalue weighted by Crippen LogP contribution is 2.59. The molecule has 0 heterocycles. The molecule has 0 spiro atoms. The molecule has 0 N–H and O–H groups in total. The predicted octanol–water partition coefficient (Wildman–Crippen LogP) is 3.60. The van der Waals surface area contributed by atoms with Crippen molar-refractivity contribution < 1.29 is 14.0 Å². The minimum atomic E-state index is -1.66. The minimum Gasteiger partial charge on any atom is -0.466 e. The molecule has 2 saturated carbocycles. The van der Waals surface area contributed by atoms with Gasteiger partial charge in [0.15, 0.2) is 8.32 Å². The predicted molar refractivity (Wildman–Crippen MR) is 78.4 cm³/mol. The highest BCUT2D eigenvalue weighted by molar-refractivity contribution is 6.74. The van der Waals surface area contributed by atoms with Crippen molar-refractivity contribution >= 4 is 14.3 Å². The molecule has 0 radical (unpaired) electrons. The van der Waals surface area contributed by atoms with E-state index in [-0.39, 0.29) is 16.9 Å². The zero-order valence-electron chi connectivity index (χ0n) is 13.2. The molecular formula is C15H28O3Si. The van der Waals surface area contributed by atoms with Crippen LogP contribution in [-0.4, -0.2) is 27.0 Å². The van der Waals surface area contributed by atoms with Crippen molar-refractivity contribution in [2.24, 2.45) is 17.8 Å². The molecule has 2 aliphatic carbocycles. The second kappa shape index (κ2) is 4.88. The molecule has 19 heavy (non-hydrogen) atoms. The van der Waals surface area contributed by atoms with E-state index in [2.05, 4.69) is 33.9 Å². The van der Waals surface area contributed by atoms with Crippen LogP contribution in [0.5, 0.6) is 0 Å². The van der Waals surface area contributed by atoms with Gasteiger partial charge in [0.2, 0.25) is 0 Å². The van der Waals surface area contributed by atoms with Gasteiger partial charge in [-0.2, -0.15) is 0 Å². The van der Waals surface area contributed by atoms with E-state index >= 15 is 0 Å². The number of hydrogen-bond donors (Lipinski definition) is 0. The summed E-state index contributed by atoms with van der Waals surface area (Å²) in [5.74, 6) is 1.27. The third kappa shape index (κ3) is 2.89. The molecule has 0 saturated heterocycles. The zero-order valence-corrected chi connectivity index (χ0v) is 14.2. The maximum Gasteiger partial charge on any atom is 0.309 e. The first-order valence-electron chi connectivity index (χ1n) is 7.52. The molecule has 0 aromatic carbocycles. The number of ether oxygens (including phenoxy) is 1. The summed E-state index contributed by atoms with van der Waals surface area (Å²) in [6.45, 7) is 13.8. The molecule has 2 atom stereocenters. The minimum absolute atomic E-state index is 0.0169. The Morgan fingerprint density at radius 1 is 1.21 bits per heavy atom. The molecule has 0 aromatic rings. The van der Waals surface area contributed by atoms with Crippen LogP contribution in [0.2, 0.25) is 18.1 Å². The Hall–Kier alpha value is -0.353. The quantitative estimate of drug-likeness (QED) is 0.584. The van der Waals surface area contributed by atoms with Gasteiger partial charge in [0.1, 0.15) is 0 Å². The van der Waals surface area contributed by atoms with Gasteiger partial charge in [-0.25, -0.2) is 0 Å². The molecule has 3 nitrogen and oxygen atoms in total. The number of esters is 1. The summed E-state index contributed by atoms with van der Waals surface area (Å²) in [7, 11) is -1.66. The van der Waals surface area contributed by atoms with E-state index in [1.54, 1.807) is 0 Å². The normalized spacial score (nSPS) is 31.2. The van der Waals surface area contributed by atoms with E-state index < -0.39 is 8.32 Å². The maximum atomic E-state index is 11.7. The zero-order chi connectivity index (χ0) is 14.4. The van der Waals surface area contributed by atoms with Gasteiger partial charge >= 0.3 is 5.97 Å². The summed E-state index contributed by atoms with van der Waals surface area (Å²) in [6, 6.07) is 0. The van der Waals surface area contributed by atoms with Crippen molar-refractivity contribution in [3.05, 3.63) is 0 Å². The molecular weight excluding hydrogens is 256 g/mol. The van der Waals surface area contributed by atoms with Gasteiger partial charge in [0, 0.05) is 6.10 Å². The van der Waals surface area contributed by atoms with Crippen molar-refractivity contribution in [1.82, 2.24) is 0 Å². The van der Waals surface area contributed by atoms with Crippen LogP contribution in [0.1, 0.15) is 40.5 Å². The van der Waals surface area contributed by atoms with E-state index in [9.17, 15) is 4.79 Å². The topological polar surface area (TPSA) is 35.5 Å². The standard InChI is InChI=1S/C15H28O3Si/c1-7-17-14(16)13-11-8-10(9-12(11)13)18-19(5,6)15(2,3)4/h10-13H,7-9H2,1-6H3/t10?,11-,12-,13?/m0/s1. The molecule has 2 aliphatic rings. The monoisotopic (exact) mass is 284 g/mol. The number of hydrogen-bond acceptors (Lipinski definition) is 3. The molecule has 0 amide bonds. The first-order valence-corrected chi connectivity index (χ1v) is 10.4. The molecule has 0 aliphatic heterocycles. The van der Waals surface area contributed by atoms with Gasteiger partial charge in [0.05, 0.1) is 12.5 Å². The van der Waals surface area contributed by atoms with Gasteiger partial charge in [-0.1, -0.05) is 20.8 Å². The van der Waals surface area contributed by atoms with Crippen molar-refractivity contribution in [2.75, 3.05) is 6.61 Å². The Bertz CT molecular complexity index is 347. The van der Waals surface area contributed by atoms with Gasteiger partial charge in [0.25, 0.3) is 0 Å². The second-order valence-corrected chi connectivity index (χ2v) is 12.3. The molecule has 110 valence electrons. The highest BCUT2D eigenvalue weighted by atomic mass is 28.4. The summed E-state index contributed by atoms with van der Waals surface area (Å²) < 4.78 is 11.6. The number of carbonyl (C=O) groups excluding carboxylic acids is 1. The summed E-state index contributed by atoms with van der Waals surface area (Å²) in [6.07, 6.45) is 2.49. The summed E-state index contributed by atoms with van der Waals surface area (Å²) in [4.78, 5) is 11.7. The first-order chi connectivity index (χ1) is 8.67. The van der Waals surface area contributed by atoms with Crippen LogP contribution in [-0.2, 0) is 14.0 Å². The number of rotatable bonds is 4. The van der Waals surface area contributed by atoms with Gasteiger partial charge in [-0.3, -0.25) is 4.79 Å². The Labute approximate surface area is 118 Å². The van der Waals surface area contributed by atoms with Crippen LogP contribution < -0.4 is 0 Å². The van der Waals surface area contributed by atoms with Crippen LogP contribution in [0.3, 0.4) is 0 Å². The average Bonchev–Trinajstić information content (AvgIpc) is 2.75. The van der Waals surface area contributed by atoms with Gasteiger partial charge < -0.3 is 9.16 Å². The van der Waals surface area contributed by atoms with Crippen LogP contribution in [0.25, 0.3) is 0 Å². The van der Waals surface area contributed by atoms with Crippen LogP contribution in [0, 0.1) is 17.8 Å². The molecule has 0 bridgehead atoms. The molecule has 0 unspecified atom stereocenters. The van der Waals surface area contributed by atoms with Gasteiger partial charge in [-0.15, -0.1) is 0 Å². The van der Waals surface area contributed by atoms with E-state index in [1.807, 2.05) is 6.92 Å². The van der Waals surface area contributed by atoms with E-state index in [0.717, 1.165) is 12.8 Å². The lowest BCUT2D eigenvalue weighted by atomic mass is 10.1. The average molecular weight is 284 g/mol. The number of fused-ring (bicyclic) bond motifs is 1. The lowest BCUT2D eigenvalue weighted by molar-refractivity contribution is -0.145. The fourth-order valence-electron chi connectivity index (χ4n) is 3.07. The molecule has 2 fully saturated rings. The fourth-order valence-corrected chi connectivity index (χ4v) is 4.45. The third-order valence-electron chi connectivity index (χ3n) is 5.23. The summed E-state index contributed by atoms with van der Waals surface area (Å²) >= 11 is 0. The third-order valence-corrected chi connectivity index (χ3v) is 9.76. The lowest BCUT2D eigenvalue weighted by Gasteiger charge is -2.39. The van der Waals surface area contributed by atoms with Crippen molar-refractivity contribution in [2.45, 2.75) is 64.8 Å². The molecule has 0 aromatic heterocycles. The van der Waals surface area contributed by atoms with Crippen molar-refractivity contribution in [1.29, 1.82) is 0 Å². The van der Waals surface area contributed by atoms with Gasteiger partial charge in [-0.05, 0) is 49.7 Å². The van der Waals surface area contributed by atoms with Crippen LogP contribution in [0.15, 0.2) is 0 Å². The number of carbonyl (C=O) groups is 1. The Kier molecular flexibility index (Phi) is 3.87. The van der Waals surface area contributed by atoms with E-state index in [4.69, 9.17) is 9.16 Å². The molecule has 4 heteroatoms. The maximum absolute atomic E-state index is 11.7. The summed E-state index contributed by atoms with van der Waals surface area (Å²) in [5, 5.41) is 0.264. The van der Waals surface area contributed by atoms with Crippen molar-refractivity contribution in [3.63, 3.8) is 0 Å². The summed E-state index contributed by atoms with van der Waals surface area (Å²) in [5.41, 5.74) is 0. The SMILES string of the molecule is CCOC(=O)C1[C@H]2CC(O[Si](C)(C)C(C)(C)C)C[C@H]12. The van der Waals surface area contributed by atoms with E-state index in [1.165, 1.54) is 0 Å². The smallest absolute Gasteiger partial charge is 0.309 e. The van der Waals surface area contributed by atoms with E-state index in [0.29, 0.717) is 24.5 Å². The fraction of sp³-hybridized carbons (Fsp3) is 0.933. The lowest BCUT2D eigenvalue weighted by Crippen LogP contribution is -2.43. The Morgan fingerprint density at radius 3 is 2.16 bits per heavy atom. The largest absolute Gasteiger partial charge is 0.466 e. The van der Waals surface area contributed by atoms with Crippen LogP contribution >= 0.6 is 0 Å². The Balaban J connectivity index is 1.83.